The standard InChI is InChI=1S/C17H26N4O.HI/c1-13-3-5-15(6-4-13)22-16-11-14(7-8-18-16)12-20-17-19-9-10-21(17)2;/h7-8,11,13,15H,3-6,9-10,12H2,1-2H3,(H,19,20);1H. The normalized spacial score (nSPS) is 23.9. The number of aliphatic imine (C=N–C) groups is 1. The summed E-state index contributed by atoms with van der Waals surface area (Å²) < 4.78 is 6.06. The number of hydrogen-bond donors (Lipinski definition) is 1. The SMILES string of the molecule is CC1CCC(Oc2cc(CNC3=NCCN3C)ccn2)CC1.I. The summed E-state index contributed by atoms with van der Waals surface area (Å²) in [6, 6.07) is 4.07. The molecule has 1 aromatic heterocycles. The van der Waals surface area contributed by atoms with Crippen molar-refractivity contribution in [2.24, 2.45) is 10.9 Å². The first-order chi connectivity index (χ1) is 10.7. The van der Waals surface area contributed by atoms with Crippen LogP contribution in [0.25, 0.3) is 0 Å². The van der Waals surface area contributed by atoms with E-state index >= 15 is 0 Å². The Morgan fingerprint density at radius 1 is 1.30 bits per heavy atom. The van der Waals surface area contributed by atoms with Crippen LogP contribution >= 0.6 is 24.0 Å². The average Bonchev–Trinajstić information content (AvgIpc) is 2.93. The Morgan fingerprint density at radius 2 is 2.09 bits per heavy atom. The molecule has 3 rings (SSSR count). The Kier molecular flexibility index (Phi) is 6.92. The van der Waals surface area contributed by atoms with Crippen LogP contribution in [-0.4, -0.2) is 42.1 Å². The molecule has 2 heterocycles. The second-order valence-corrected chi connectivity index (χ2v) is 6.48. The van der Waals surface area contributed by atoms with Crippen molar-refractivity contribution in [3.63, 3.8) is 0 Å². The number of halogens is 1. The largest absolute Gasteiger partial charge is 0.474 e. The molecule has 1 N–H and O–H groups in total. The molecule has 5 nitrogen and oxygen atoms in total. The minimum absolute atomic E-state index is 0. The van der Waals surface area contributed by atoms with Gasteiger partial charge in [0.2, 0.25) is 5.88 Å². The zero-order valence-electron chi connectivity index (χ0n) is 14.0. The molecule has 1 saturated carbocycles. The van der Waals surface area contributed by atoms with E-state index in [2.05, 4.69) is 34.2 Å². The predicted octanol–water partition coefficient (Wildman–Crippen LogP) is 3.05. The number of ether oxygens (including phenoxy) is 1. The third kappa shape index (κ3) is 5.22. The fourth-order valence-electron chi connectivity index (χ4n) is 3.05. The van der Waals surface area contributed by atoms with Gasteiger partial charge in [-0.15, -0.1) is 24.0 Å². The van der Waals surface area contributed by atoms with Crippen LogP contribution in [0.2, 0.25) is 0 Å². The topological polar surface area (TPSA) is 49.8 Å². The molecule has 0 spiro atoms. The summed E-state index contributed by atoms with van der Waals surface area (Å²) in [4.78, 5) is 10.9. The Labute approximate surface area is 155 Å². The Bertz CT molecular complexity index is 529. The van der Waals surface area contributed by atoms with Gasteiger partial charge in [0.1, 0.15) is 6.10 Å². The fraction of sp³-hybridized carbons (Fsp3) is 0.647. The summed E-state index contributed by atoms with van der Waals surface area (Å²) in [5.41, 5.74) is 1.18. The van der Waals surface area contributed by atoms with E-state index in [1.807, 2.05) is 18.3 Å². The molecule has 128 valence electrons. The first kappa shape index (κ1) is 18.3. The Morgan fingerprint density at radius 3 is 2.78 bits per heavy atom. The van der Waals surface area contributed by atoms with Crippen molar-refractivity contribution in [3.8, 4) is 5.88 Å². The summed E-state index contributed by atoms with van der Waals surface area (Å²) in [7, 11) is 2.06. The van der Waals surface area contributed by atoms with E-state index in [1.54, 1.807) is 0 Å². The highest BCUT2D eigenvalue weighted by Gasteiger charge is 2.20. The van der Waals surface area contributed by atoms with Gasteiger partial charge in [-0.3, -0.25) is 4.99 Å². The van der Waals surface area contributed by atoms with E-state index in [9.17, 15) is 0 Å². The summed E-state index contributed by atoms with van der Waals surface area (Å²) >= 11 is 0. The molecule has 1 aliphatic heterocycles. The van der Waals surface area contributed by atoms with Gasteiger partial charge in [0, 0.05) is 32.4 Å². The highest BCUT2D eigenvalue weighted by atomic mass is 127. The van der Waals surface area contributed by atoms with Gasteiger partial charge in [0.25, 0.3) is 0 Å². The zero-order valence-corrected chi connectivity index (χ0v) is 16.3. The molecule has 0 atom stereocenters. The van der Waals surface area contributed by atoms with Gasteiger partial charge in [-0.05, 0) is 43.2 Å². The van der Waals surface area contributed by atoms with Gasteiger partial charge < -0.3 is 15.0 Å². The number of aromatic nitrogens is 1. The summed E-state index contributed by atoms with van der Waals surface area (Å²) in [6.45, 7) is 4.95. The van der Waals surface area contributed by atoms with E-state index in [-0.39, 0.29) is 24.0 Å². The monoisotopic (exact) mass is 430 g/mol. The van der Waals surface area contributed by atoms with Gasteiger partial charge in [0.05, 0.1) is 6.54 Å². The molecule has 23 heavy (non-hydrogen) atoms. The number of nitrogens with one attached hydrogen (secondary N) is 1. The van der Waals surface area contributed by atoms with E-state index in [1.165, 1.54) is 18.4 Å². The van der Waals surface area contributed by atoms with Crippen LogP contribution in [-0.2, 0) is 6.54 Å². The van der Waals surface area contributed by atoms with E-state index in [0.717, 1.165) is 50.2 Å². The molecule has 0 aromatic carbocycles. The van der Waals surface area contributed by atoms with Gasteiger partial charge in [-0.25, -0.2) is 4.98 Å². The maximum absolute atomic E-state index is 6.06. The number of pyridine rings is 1. The molecule has 1 fully saturated rings. The van der Waals surface area contributed by atoms with Crippen molar-refractivity contribution in [3.05, 3.63) is 23.9 Å². The quantitative estimate of drug-likeness (QED) is 0.747. The summed E-state index contributed by atoms with van der Waals surface area (Å²) in [6.07, 6.45) is 6.98. The number of guanidine groups is 1. The smallest absolute Gasteiger partial charge is 0.213 e. The second kappa shape index (κ2) is 8.70. The van der Waals surface area contributed by atoms with Crippen molar-refractivity contribution < 1.29 is 4.74 Å². The molecule has 0 unspecified atom stereocenters. The zero-order chi connectivity index (χ0) is 15.4. The predicted molar refractivity (Wildman–Crippen MR) is 103 cm³/mol. The Hall–Kier alpha value is -1.05. The minimum atomic E-state index is 0. The first-order valence-corrected chi connectivity index (χ1v) is 8.32. The lowest BCUT2D eigenvalue weighted by molar-refractivity contribution is 0.130. The van der Waals surface area contributed by atoms with Crippen LogP contribution in [0.1, 0.15) is 38.2 Å². The third-order valence-corrected chi connectivity index (χ3v) is 4.56. The molecule has 0 bridgehead atoms. The maximum Gasteiger partial charge on any atom is 0.213 e. The van der Waals surface area contributed by atoms with E-state index in [4.69, 9.17) is 4.74 Å². The molecule has 0 saturated heterocycles. The second-order valence-electron chi connectivity index (χ2n) is 6.48. The van der Waals surface area contributed by atoms with Crippen molar-refractivity contribution in [2.45, 2.75) is 45.3 Å². The van der Waals surface area contributed by atoms with Gasteiger partial charge in [-0.1, -0.05) is 6.92 Å². The molecular weight excluding hydrogens is 403 g/mol. The highest BCUT2D eigenvalue weighted by Crippen LogP contribution is 2.26. The molecular formula is C17H27IN4O. The van der Waals surface area contributed by atoms with Crippen LogP contribution in [0.15, 0.2) is 23.3 Å². The van der Waals surface area contributed by atoms with Gasteiger partial charge in [0.15, 0.2) is 5.96 Å². The summed E-state index contributed by atoms with van der Waals surface area (Å²) in [5.74, 6) is 2.56. The fourth-order valence-corrected chi connectivity index (χ4v) is 3.05. The van der Waals surface area contributed by atoms with Crippen molar-refractivity contribution >= 4 is 29.9 Å². The summed E-state index contributed by atoms with van der Waals surface area (Å²) in [5, 5.41) is 3.38. The van der Waals surface area contributed by atoms with Crippen LogP contribution < -0.4 is 10.1 Å². The number of likely N-dealkylation sites (N-methyl/N-ethyl adjacent to an activating group) is 1. The Balaban J connectivity index is 0.00000192. The van der Waals surface area contributed by atoms with E-state index in [0.29, 0.717) is 6.10 Å². The molecule has 0 amide bonds. The maximum atomic E-state index is 6.06. The van der Waals surface area contributed by atoms with Crippen LogP contribution in [0, 0.1) is 5.92 Å². The lowest BCUT2D eigenvalue weighted by Crippen LogP contribution is -2.35. The van der Waals surface area contributed by atoms with Crippen LogP contribution in [0.3, 0.4) is 0 Å². The van der Waals surface area contributed by atoms with E-state index < -0.39 is 0 Å². The molecule has 0 radical (unpaired) electrons. The number of nitrogens with zero attached hydrogens (tertiary/aromatic N) is 3. The average molecular weight is 430 g/mol. The van der Waals surface area contributed by atoms with Gasteiger partial charge >= 0.3 is 0 Å². The van der Waals surface area contributed by atoms with Gasteiger partial charge in [-0.2, -0.15) is 0 Å². The molecule has 1 aromatic rings. The lowest BCUT2D eigenvalue weighted by Gasteiger charge is -2.26. The third-order valence-electron chi connectivity index (χ3n) is 4.56. The first-order valence-electron chi connectivity index (χ1n) is 8.32. The lowest BCUT2D eigenvalue weighted by atomic mass is 9.89. The van der Waals surface area contributed by atoms with Crippen molar-refractivity contribution in [1.82, 2.24) is 15.2 Å². The highest BCUT2D eigenvalue weighted by molar-refractivity contribution is 14.0. The van der Waals surface area contributed by atoms with Crippen LogP contribution in [0.4, 0.5) is 0 Å². The number of rotatable bonds is 4. The van der Waals surface area contributed by atoms with Crippen LogP contribution in [0.5, 0.6) is 5.88 Å². The van der Waals surface area contributed by atoms with Crippen molar-refractivity contribution in [1.29, 1.82) is 0 Å². The van der Waals surface area contributed by atoms with Crippen molar-refractivity contribution in [2.75, 3.05) is 20.1 Å². The molecule has 6 heteroatoms. The minimum Gasteiger partial charge on any atom is -0.474 e. The molecule has 1 aliphatic carbocycles. The number of hydrogen-bond acceptors (Lipinski definition) is 5. The molecule has 2 aliphatic rings.